The summed E-state index contributed by atoms with van der Waals surface area (Å²) in [5.74, 6) is 0.175. The molecule has 252 valence electrons. The van der Waals surface area contributed by atoms with Crippen molar-refractivity contribution in [2.75, 3.05) is 43.9 Å². The maximum atomic E-state index is 14.5. The van der Waals surface area contributed by atoms with Crippen molar-refractivity contribution in [1.29, 1.82) is 0 Å². The second-order valence-corrected chi connectivity index (χ2v) is 13.1. The van der Waals surface area contributed by atoms with Crippen molar-refractivity contribution in [3.8, 4) is 0 Å². The number of rotatable bonds is 10. The van der Waals surface area contributed by atoms with Gasteiger partial charge in [0.25, 0.3) is 0 Å². The molecule has 3 aromatic rings. The predicted molar refractivity (Wildman–Crippen MR) is 182 cm³/mol. The van der Waals surface area contributed by atoms with E-state index in [4.69, 9.17) is 4.74 Å². The lowest BCUT2D eigenvalue weighted by atomic mass is 9.74. The Bertz CT molecular complexity index is 1720. The molecule has 6 rings (SSSR count). The quantitative estimate of drug-likeness (QED) is 0.296. The number of likely N-dealkylation sites (tertiary alicyclic amines) is 1. The van der Waals surface area contributed by atoms with Gasteiger partial charge in [0.15, 0.2) is 0 Å². The third kappa shape index (κ3) is 6.26. The van der Waals surface area contributed by atoms with Crippen molar-refractivity contribution in [1.82, 2.24) is 20.1 Å². The lowest BCUT2D eigenvalue weighted by Crippen LogP contribution is -2.52. The fraction of sp³-hybridized carbons (Fsp3) is 0.432. The topological polar surface area (TPSA) is 133 Å². The second kappa shape index (κ2) is 13.8. The Labute approximate surface area is 281 Å². The summed E-state index contributed by atoms with van der Waals surface area (Å²) in [5.41, 5.74) is 4.23. The average molecular weight is 653 g/mol. The zero-order chi connectivity index (χ0) is 33.9. The number of benzene rings is 2. The number of pyridine rings is 1. The van der Waals surface area contributed by atoms with Gasteiger partial charge in [0, 0.05) is 43.6 Å². The van der Waals surface area contributed by atoms with E-state index in [9.17, 15) is 19.2 Å². The summed E-state index contributed by atoms with van der Waals surface area (Å²) in [5, 5.41) is 9.17. The Kier molecular flexibility index (Phi) is 9.50. The van der Waals surface area contributed by atoms with Crippen molar-refractivity contribution in [2.24, 2.45) is 5.41 Å². The van der Waals surface area contributed by atoms with Crippen LogP contribution in [0.25, 0.3) is 0 Å². The fourth-order valence-corrected chi connectivity index (χ4v) is 7.58. The van der Waals surface area contributed by atoms with Crippen LogP contribution in [0.4, 0.5) is 16.3 Å². The molecule has 3 N–H and O–H groups in total. The molecular weight excluding hydrogens is 608 g/mol. The van der Waals surface area contributed by atoms with Gasteiger partial charge < -0.3 is 30.5 Å². The first-order valence-electron chi connectivity index (χ1n) is 16.8. The third-order valence-corrected chi connectivity index (χ3v) is 10.3. The van der Waals surface area contributed by atoms with E-state index in [1.165, 1.54) is 0 Å². The van der Waals surface area contributed by atoms with E-state index in [1.807, 2.05) is 68.6 Å². The zero-order valence-electron chi connectivity index (χ0n) is 27.9. The van der Waals surface area contributed by atoms with Crippen LogP contribution in [0.2, 0.25) is 0 Å². The van der Waals surface area contributed by atoms with Crippen LogP contribution in [0.3, 0.4) is 0 Å². The highest BCUT2D eigenvalue weighted by Gasteiger charge is 2.51. The van der Waals surface area contributed by atoms with Gasteiger partial charge in [-0.15, -0.1) is 0 Å². The van der Waals surface area contributed by atoms with E-state index in [2.05, 4.69) is 20.9 Å². The lowest BCUT2D eigenvalue weighted by Gasteiger charge is -2.42. The summed E-state index contributed by atoms with van der Waals surface area (Å²) >= 11 is 0. The van der Waals surface area contributed by atoms with E-state index in [1.54, 1.807) is 22.9 Å². The molecule has 0 bridgehead atoms. The number of carbonyl (C=O) groups excluding carboxylic acids is 4. The Hall–Kier alpha value is -4.77. The SMILES string of the molecule is CCOC(=O)N1CCC(CC)(C(=O)N(CC(=O)Nc2ccc3c(c2)C[C@@]2(C3)C(=O)Nc3ncccc32)Cc2ccccc2CNC)CC1. The van der Waals surface area contributed by atoms with Crippen LogP contribution in [0.5, 0.6) is 0 Å². The summed E-state index contributed by atoms with van der Waals surface area (Å²) in [6.45, 7) is 5.71. The number of aromatic nitrogens is 1. The highest BCUT2D eigenvalue weighted by atomic mass is 16.6. The first kappa shape index (κ1) is 33.1. The molecule has 2 aliphatic heterocycles. The average Bonchev–Trinajstić information content (AvgIpc) is 3.61. The van der Waals surface area contributed by atoms with Crippen molar-refractivity contribution in [3.63, 3.8) is 0 Å². The number of amides is 4. The normalized spacial score (nSPS) is 19.0. The van der Waals surface area contributed by atoms with Gasteiger partial charge in [-0.1, -0.05) is 43.3 Å². The van der Waals surface area contributed by atoms with Gasteiger partial charge in [-0.05, 0) is 86.5 Å². The summed E-state index contributed by atoms with van der Waals surface area (Å²) < 4.78 is 5.20. The van der Waals surface area contributed by atoms with E-state index in [-0.39, 0.29) is 36.9 Å². The molecule has 1 saturated heterocycles. The van der Waals surface area contributed by atoms with Crippen LogP contribution < -0.4 is 16.0 Å². The van der Waals surface area contributed by atoms with Crippen LogP contribution >= 0.6 is 0 Å². The molecule has 1 fully saturated rings. The number of carbonyl (C=O) groups is 4. The molecule has 1 atom stereocenters. The largest absolute Gasteiger partial charge is 0.450 e. The Morgan fingerprint density at radius 2 is 1.75 bits per heavy atom. The molecule has 1 aromatic heterocycles. The molecule has 1 spiro atoms. The maximum Gasteiger partial charge on any atom is 0.409 e. The lowest BCUT2D eigenvalue weighted by molar-refractivity contribution is -0.148. The van der Waals surface area contributed by atoms with Crippen LogP contribution in [-0.4, -0.2) is 71.9 Å². The first-order valence-corrected chi connectivity index (χ1v) is 16.8. The minimum atomic E-state index is -0.699. The summed E-state index contributed by atoms with van der Waals surface area (Å²) in [6.07, 6.45) is 3.99. The third-order valence-electron chi connectivity index (χ3n) is 10.3. The second-order valence-electron chi connectivity index (χ2n) is 13.1. The zero-order valence-corrected chi connectivity index (χ0v) is 27.9. The monoisotopic (exact) mass is 652 g/mol. The minimum Gasteiger partial charge on any atom is -0.450 e. The molecule has 0 radical (unpaired) electrons. The smallest absolute Gasteiger partial charge is 0.409 e. The fourth-order valence-electron chi connectivity index (χ4n) is 7.58. The molecule has 48 heavy (non-hydrogen) atoms. The van der Waals surface area contributed by atoms with Crippen molar-refractivity contribution in [3.05, 3.63) is 88.6 Å². The standard InChI is InChI=1S/C37H44N6O5/c1-4-36(14-17-42(18-15-36)35(47)48-5-2)34(46)43(23-27-10-7-6-9-26(27)22-38-3)24-31(44)40-29-13-12-25-20-37(21-28(25)19-29)30-11-8-16-39-32(30)41-33(37)45/h6-13,16,19,38H,4-5,14-15,17-18,20-24H2,1-3H3,(H,40,44)(H,39,41,45)/t37-/m1/s1. The van der Waals surface area contributed by atoms with E-state index in [0.29, 0.717) is 69.9 Å². The molecule has 0 saturated carbocycles. The number of anilines is 2. The van der Waals surface area contributed by atoms with Crippen molar-refractivity contribution < 1.29 is 23.9 Å². The number of piperidine rings is 1. The van der Waals surface area contributed by atoms with Gasteiger partial charge in [-0.2, -0.15) is 0 Å². The number of hydrogen-bond donors (Lipinski definition) is 3. The molecule has 0 unspecified atom stereocenters. The first-order chi connectivity index (χ1) is 23.2. The Morgan fingerprint density at radius 3 is 2.48 bits per heavy atom. The summed E-state index contributed by atoms with van der Waals surface area (Å²) in [7, 11) is 1.88. The van der Waals surface area contributed by atoms with Gasteiger partial charge in [0.2, 0.25) is 17.7 Å². The maximum absolute atomic E-state index is 14.5. The number of nitrogens with one attached hydrogen (secondary N) is 3. The van der Waals surface area contributed by atoms with Crippen LogP contribution in [0.1, 0.15) is 60.9 Å². The highest BCUT2D eigenvalue weighted by Crippen LogP contribution is 2.47. The van der Waals surface area contributed by atoms with Crippen molar-refractivity contribution in [2.45, 2.75) is 64.5 Å². The van der Waals surface area contributed by atoms with Gasteiger partial charge in [0.1, 0.15) is 12.4 Å². The number of hydrogen-bond acceptors (Lipinski definition) is 7. The summed E-state index contributed by atoms with van der Waals surface area (Å²) in [6, 6.07) is 17.5. The molecule has 3 heterocycles. The Balaban J connectivity index is 1.21. The molecule has 4 amide bonds. The molecule has 3 aliphatic rings. The number of fused-ring (bicyclic) bond motifs is 3. The number of ether oxygens (including phenoxy) is 1. The molecule has 11 heteroatoms. The number of nitrogens with zero attached hydrogens (tertiary/aromatic N) is 3. The van der Waals surface area contributed by atoms with Crippen molar-refractivity contribution >= 4 is 35.3 Å². The van der Waals surface area contributed by atoms with Crippen LogP contribution in [-0.2, 0) is 50.5 Å². The van der Waals surface area contributed by atoms with E-state index >= 15 is 0 Å². The van der Waals surface area contributed by atoms with Gasteiger partial charge in [-0.3, -0.25) is 14.4 Å². The molecular formula is C37H44N6O5. The van der Waals surface area contributed by atoms with E-state index in [0.717, 1.165) is 27.8 Å². The van der Waals surface area contributed by atoms with Crippen LogP contribution in [0.15, 0.2) is 60.8 Å². The molecule has 11 nitrogen and oxygen atoms in total. The molecule has 1 aliphatic carbocycles. The summed E-state index contributed by atoms with van der Waals surface area (Å²) in [4.78, 5) is 61.5. The van der Waals surface area contributed by atoms with Gasteiger partial charge in [0.05, 0.1) is 17.4 Å². The minimum absolute atomic E-state index is 0.0522. The van der Waals surface area contributed by atoms with Gasteiger partial charge in [-0.25, -0.2) is 9.78 Å². The predicted octanol–water partition coefficient (Wildman–Crippen LogP) is 4.41. The van der Waals surface area contributed by atoms with E-state index < -0.39 is 10.8 Å². The molecule has 2 aromatic carbocycles. The highest BCUT2D eigenvalue weighted by molar-refractivity contribution is 6.06. The van der Waals surface area contributed by atoms with Gasteiger partial charge >= 0.3 is 6.09 Å². The van der Waals surface area contributed by atoms with Crippen LogP contribution in [0, 0.1) is 5.41 Å². The Morgan fingerprint density at radius 1 is 1.00 bits per heavy atom.